The Balaban J connectivity index is 1.48. The van der Waals surface area contributed by atoms with Gasteiger partial charge in [0.05, 0.1) is 11.4 Å². The van der Waals surface area contributed by atoms with Gasteiger partial charge < -0.3 is 5.32 Å². The van der Waals surface area contributed by atoms with Crippen molar-refractivity contribution in [1.29, 1.82) is 0 Å². The maximum Gasteiger partial charge on any atom is 0.238 e. The fourth-order valence-electron chi connectivity index (χ4n) is 4.24. The van der Waals surface area contributed by atoms with Gasteiger partial charge in [-0.3, -0.25) is 14.5 Å². The summed E-state index contributed by atoms with van der Waals surface area (Å²) in [6, 6.07) is 10.5. The number of halogens is 2. The minimum atomic E-state index is -0.771. The lowest BCUT2D eigenvalue weighted by Crippen LogP contribution is -2.28. The van der Waals surface area contributed by atoms with Crippen molar-refractivity contribution in [3.63, 3.8) is 0 Å². The molecule has 0 aromatic heterocycles. The Hall–Kier alpha value is -2.41. The molecule has 0 radical (unpaired) electrons. The topological polar surface area (TPSA) is 49.4 Å². The highest BCUT2D eigenvalue weighted by atomic mass is 32.2. The highest BCUT2D eigenvalue weighted by Crippen LogP contribution is 2.43. The SMILES string of the molecule is O=C(CCC1CCCC1)Nc1cccc(C2SCC(=O)N2c2ccc(F)cc2F)c1. The highest BCUT2D eigenvalue weighted by Gasteiger charge is 2.35. The lowest BCUT2D eigenvalue weighted by molar-refractivity contribution is -0.117. The quantitative estimate of drug-likeness (QED) is 0.644. The van der Waals surface area contributed by atoms with Crippen molar-refractivity contribution in [2.75, 3.05) is 16.0 Å². The molecule has 1 aliphatic heterocycles. The average Bonchev–Trinajstić information content (AvgIpc) is 3.37. The van der Waals surface area contributed by atoms with Crippen LogP contribution in [0.2, 0.25) is 0 Å². The lowest BCUT2D eigenvalue weighted by atomic mass is 10.0. The number of nitrogens with zero attached hydrogens (tertiary/aromatic N) is 1. The first-order valence-corrected chi connectivity index (χ1v) is 11.3. The van der Waals surface area contributed by atoms with Crippen LogP contribution < -0.4 is 10.2 Å². The molecule has 2 amide bonds. The van der Waals surface area contributed by atoms with Gasteiger partial charge in [0.25, 0.3) is 0 Å². The third-order valence-corrected chi connectivity index (χ3v) is 6.96. The van der Waals surface area contributed by atoms with Crippen molar-refractivity contribution in [3.8, 4) is 0 Å². The summed E-state index contributed by atoms with van der Waals surface area (Å²) in [6.07, 6.45) is 6.36. The van der Waals surface area contributed by atoms with Crippen molar-refractivity contribution < 1.29 is 18.4 Å². The molecule has 2 fully saturated rings. The molecule has 0 bridgehead atoms. The second-order valence-electron chi connectivity index (χ2n) is 7.89. The first-order valence-electron chi connectivity index (χ1n) is 10.3. The molecule has 1 atom stereocenters. The molecule has 30 heavy (non-hydrogen) atoms. The van der Waals surface area contributed by atoms with Crippen LogP contribution in [-0.2, 0) is 9.59 Å². The van der Waals surface area contributed by atoms with Crippen molar-refractivity contribution in [1.82, 2.24) is 0 Å². The fraction of sp³-hybridized carbons (Fsp3) is 0.391. The fourth-order valence-corrected chi connectivity index (χ4v) is 5.39. The molecule has 1 heterocycles. The molecule has 1 saturated heterocycles. The van der Waals surface area contributed by atoms with Crippen LogP contribution >= 0.6 is 11.8 Å². The van der Waals surface area contributed by atoms with Gasteiger partial charge in [0.15, 0.2) is 0 Å². The van der Waals surface area contributed by atoms with Crippen LogP contribution in [-0.4, -0.2) is 17.6 Å². The minimum Gasteiger partial charge on any atom is -0.326 e. The zero-order valence-electron chi connectivity index (χ0n) is 16.6. The van der Waals surface area contributed by atoms with Crippen molar-refractivity contribution in [3.05, 3.63) is 59.7 Å². The second kappa shape index (κ2) is 9.16. The molecule has 2 aromatic rings. The second-order valence-corrected chi connectivity index (χ2v) is 8.95. The summed E-state index contributed by atoms with van der Waals surface area (Å²) in [6.45, 7) is 0. The van der Waals surface area contributed by atoms with Gasteiger partial charge in [-0.2, -0.15) is 0 Å². The molecule has 158 valence electrons. The molecule has 1 N–H and O–H groups in total. The van der Waals surface area contributed by atoms with Gasteiger partial charge >= 0.3 is 0 Å². The lowest BCUT2D eigenvalue weighted by Gasteiger charge is -2.25. The molecular weight excluding hydrogens is 406 g/mol. The summed E-state index contributed by atoms with van der Waals surface area (Å²) < 4.78 is 27.6. The molecule has 4 rings (SSSR count). The van der Waals surface area contributed by atoms with Crippen LogP contribution in [0.5, 0.6) is 0 Å². The normalized spacial score (nSPS) is 19.5. The Morgan fingerprint density at radius 3 is 2.70 bits per heavy atom. The van der Waals surface area contributed by atoms with Gasteiger partial charge in [-0.05, 0) is 42.2 Å². The van der Waals surface area contributed by atoms with E-state index in [4.69, 9.17) is 0 Å². The predicted molar refractivity (Wildman–Crippen MR) is 115 cm³/mol. The molecule has 1 unspecified atom stereocenters. The number of benzene rings is 2. The number of thioether (sulfide) groups is 1. The van der Waals surface area contributed by atoms with Gasteiger partial charge in [-0.15, -0.1) is 11.8 Å². The van der Waals surface area contributed by atoms with E-state index >= 15 is 0 Å². The molecule has 7 heteroatoms. The zero-order valence-corrected chi connectivity index (χ0v) is 17.4. The molecule has 2 aromatic carbocycles. The molecule has 2 aliphatic rings. The number of carbonyl (C=O) groups is 2. The smallest absolute Gasteiger partial charge is 0.238 e. The Bertz CT molecular complexity index is 947. The number of anilines is 2. The van der Waals surface area contributed by atoms with Crippen LogP contribution in [0.15, 0.2) is 42.5 Å². The maximum absolute atomic E-state index is 14.3. The third kappa shape index (κ3) is 4.67. The Kier molecular flexibility index (Phi) is 6.37. The summed E-state index contributed by atoms with van der Waals surface area (Å²) in [7, 11) is 0. The van der Waals surface area contributed by atoms with E-state index in [0.29, 0.717) is 18.0 Å². The first-order chi connectivity index (χ1) is 14.5. The van der Waals surface area contributed by atoms with Crippen LogP contribution in [0.3, 0.4) is 0 Å². The number of hydrogen-bond acceptors (Lipinski definition) is 3. The van der Waals surface area contributed by atoms with Gasteiger partial charge in [0.1, 0.15) is 17.0 Å². The van der Waals surface area contributed by atoms with E-state index in [-0.39, 0.29) is 23.3 Å². The first kappa shape index (κ1) is 20.8. The van der Waals surface area contributed by atoms with Crippen LogP contribution in [0.25, 0.3) is 0 Å². The van der Waals surface area contributed by atoms with E-state index in [1.54, 1.807) is 6.07 Å². The number of carbonyl (C=O) groups excluding carboxylic acids is 2. The summed E-state index contributed by atoms with van der Waals surface area (Å²) in [4.78, 5) is 26.2. The van der Waals surface area contributed by atoms with E-state index in [1.807, 2.05) is 18.2 Å². The van der Waals surface area contributed by atoms with E-state index in [2.05, 4.69) is 5.32 Å². The van der Waals surface area contributed by atoms with Gasteiger partial charge in [-0.1, -0.05) is 37.8 Å². The Labute approximate surface area is 179 Å². The summed E-state index contributed by atoms with van der Waals surface area (Å²) in [5.74, 6) is -0.847. The monoisotopic (exact) mass is 430 g/mol. The van der Waals surface area contributed by atoms with E-state index in [9.17, 15) is 18.4 Å². The standard InChI is InChI=1S/C23H24F2N2O2S/c24-17-9-10-20(19(25)13-17)27-22(29)14-30-23(27)16-6-3-7-18(12-16)26-21(28)11-8-15-4-1-2-5-15/h3,6-7,9-10,12-13,15,23H,1-2,4-5,8,11,14H2,(H,26,28). The summed E-state index contributed by atoms with van der Waals surface area (Å²) >= 11 is 1.38. The van der Waals surface area contributed by atoms with Crippen LogP contribution in [0, 0.1) is 17.6 Å². The van der Waals surface area contributed by atoms with Gasteiger partial charge in [-0.25, -0.2) is 8.78 Å². The Morgan fingerprint density at radius 1 is 1.13 bits per heavy atom. The third-order valence-electron chi connectivity index (χ3n) is 5.75. The number of amides is 2. The maximum atomic E-state index is 14.3. The van der Waals surface area contributed by atoms with Crippen LogP contribution in [0.1, 0.15) is 49.5 Å². The average molecular weight is 431 g/mol. The molecule has 4 nitrogen and oxygen atoms in total. The number of hydrogen-bond donors (Lipinski definition) is 1. The highest BCUT2D eigenvalue weighted by molar-refractivity contribution is 8.00. The van der Waals surface area contributed by atoms with E-state index in [0.717, 1.165) is 24.1 Å². The van der Waals surface area contributed by atoms with Crippen molar-refractivity contribution >= 4 is 35.0 Å². The Morgan fingerprint density at radius 2 is 1.93 bits per heavy atom. The van der Waals surface area contributed by atoms with Crippen LogP contribution in [0.4, 0.5) is 20.2 Å². The minimum absolute atomic E-state index is 0.0179. The predicted octanol–water partition coefficient (Wildman–Crippen LogP) is 5.65. The largest absolute Gasteiger partial charge is 0.326 e. The summed E-state index contributed by atoms with van der Waals surface area (Å²) in [5, 5.41) is 2.50. The molecule has 0 spiro atoms. The van der Waals surface area contributed by atoms with Gasteiger partial charge in [0, 0.05) is 18.2 Å². The van der Waals surface area contributed by atoms with E-state index < -0.39 is 17.0 Å². The molecular formula is C23H24F2N2O2S. The van der Waals surface area contributed by atoms with Gasteiger partial charge in [0.2, 0.25) is 11.8 Å². The van der Waals surface area contributed by atoms with Crippen molar-refractivity contribution in [2.24, 2.45) is 5.92 Å². The summed E-state index contributed by atoms with van der Waals surface area (Å²) in [5.41, 5.74) is 1.49. The molecule has 1 saturated carbocycles. The number of nitrogens with one attached hydrogen (secondary N) is 1. The number of rotatable bonds is 6. The molecule has 1 aliphatic carbocycles. The zero-order chi connectivity index (χ0) is 21.1. The van der Waals surface area contributed by atoms with Crippen molar-refractivity contribution in [2.45, 2.75) is 43.9 Å². The van der Waals surface area contributed by atoms with E-state index in [1.165, 1.54) is 48.4 Å².